The normalized spacial score (nSPS) is 23.6. The van der Waals surface area contributed by atoms with Gasteiger partial charge in [0.05, 0.1) is 5.02 Å². The van der Waals surface area contributed by atoms with E-state index in [0.717, 1.165) is 25.9 Å². The Morgan fingerprint density at radius 3 is 2.82 bits per heavy atom. The first-order valence-electron chi connectivity index (χ1n) is 7.23. The minimum atomic E-state index is 0. The number of nitrogens with one attached hydrogen (secondary N) is 1. The summed E-state index contributed by atoms with van der Waals surface area (Å²) in [7, 11) is 0. The predicted octanol–water partition coefficient (Wildman–Crippen LogP) is 3.15. The highest BCUT2D eigenvalue weighted by molar-refractivity contribution is 6.35. The molecule has 2 saturated heterocycles. The van der Waals surface area contributed by atoms with Crippen LogP contribution in [0.4, 0.5) is 0 Å². The molecular formula is C15H19Cl3N2O2. The Hall–Kier alpha value is -0.680. The first-order valence-corrected chi connectivity index (χ1v) is 7.99. The van der Waals surface area contributed by atoms with Gasteiger partial charge in [0.25, 0.3) is 5.91 Å². The Balaban J connectivity index is 0.00000176. The van der Waals surface area contributed by atoms with Crippen LogP contribution >= 0.6 is 35.6 Å². The molecule has 0 spiro atoms. The minimum Gasteiger partial charge on any atom is -0.482 e. The van der Waals surface area contributed by atoms with Gasteiger partial charge in [-0.15, -0.1) is 12.4 Å². The third-order valence-corrected chi connectivity index (χ3v) is 4.65. The Morgan fingerprint density at radius 1 is 1.27 bits per heavy atom. The summed E-state index contributed by atoms with van der Waals surface area (Å²) in [6.07, 6.45) is 3.39. The molecule has 1 N–H and O–H groups in total. The number of benzene rings is 1. The summed E-state index contributed by atoms with van der Waals surface area (Å²) in [5, 5.41) is 4.53. The molecule has 122 valence electrons. The molecule has 4 nitrogen and oxygen atoms in total. The monoisotopic (exact) mass is 364 g/mol. The fourth-order valence-electron chi connectivity index (χ4n) is 2.99. The third-order valence-electron chi connectivity index (χ3n) is 4.12. The molecule has 2 fully saturated rings. The van der Waals surface area contributed by atoms with Gasteiger partial charge in [0, 0.05) is 30.2 Å². The molecule has 1 amide bonds. The number of carbonyl (C=O) groups is 1. The second-order valence-corrected chi connectivity index (χ2v) is 6.47. The maximum absolute atomic E-state index is 12.3. The Morgan fingerprint density at radius 2 is 2.05 bits per heavy atom. The number of halogens is 3. The molecule has 3 rings (SSSR count). The van der Waals surface area contributed by atoms with Crippen molar-refractivity contribution >= 4 is 41.5 Å². The van der Waals surface area contributed by atoms with Crippen LogP contribution in [0.25, 0.3) is 0 Å². The molecule has 1 aromatic rings. The molecule has 2 unspecified atom stereocenters. The Labute approximate surface area is 146 Å². The van der Waals surface area contributed by atoms with Crippen LogP contribution in [-0.4, -0.2) is 42.6 Å². The first kappa shape index (κ1) is 17.7. The molecule has 2 heterocycles. The van der Waals surface area contributed by atoms with Gasteiger partial charge < -0.3 is 15.0 Å². The second-order valence-electron chi connectivity index (χ2n) is 5.63. The van der Waals surface area contributed by atoms with E-state index in [1.807, 2.05) is 4.90 Å². The summed E-state index contributed by atoms with van der Waals surface area (Å²) >= 11 is 11.9. The van der Waals surface area contributed by atoms with Crippen LogP contribution in [0.5, 0.6) is 5.75 Å². The summed E-state index contributed by atoms with van der Waals surface area (Å²) in [6.45, 7) is 1.58. The molecule has 0 radical (unpaired) electrons. The van der Waals surface area contributed by atoms with E-state index < -0.39 is 0 Å². The lowest BCUT2D eigenvalue weighted by Gasteiger charge is -2.24. The summed E-state index contributed by atoms with van der Waals surface area (Å²) in [5.41, 5.74) is 0. The van der Waals surface area contributed by atoms with Gasteiger partial charge in [0.15, 0.2) is 6.61 Å². The zero-order valence-electron chi connectivity index (χ0n) is 12.1. The fourth-order valence-corrected chi connectivity index (χ4v) is 3.46. The number of ether oxygens (including phenoxy) is 1. The van der Waals surface area contributed by atoms with E-state index in [0.29, 0.717) is 27.9 Å². The number of fused-ring (bicyclic) bond motifs is 2. The van der Waals surface area contributed by atoms with E-state index in [-0.39, 0.29) is 24.9 Å². The lowest BCUT2D eigenvalue weighted by atomic mass is 10.1. The fraction of sp³-hybridized carbons (Fsp3) is 0.533. The topological polar surface area (TPSA) is 41.6 Å². The number of hydrogen-bond donors (Lipinski definition) is 1. The zero-order valence-corrected chi connectivity index (χ0v) is 14.4. The van der Waals surface area contributed by atoms with Gasteiger partial charge in [0.1, 0.15) is 5.75 Å². The molecule has 0 aromatic heterocycles. The van der Waals surface area contributed by atoms with E-state index in [1.165, 1.54) is 6.42 Å². The van der Waals surface area contributed by atoms with E-state index >= 15 is 0 Å². The van der Waals surface area contributed by atoms with Crippen molar-refractivity contribution in [2.45, 2.75) is 31.3 Å². The van der Waals surface area contributed by atoms with Crippen molar-refractivity contribution in [2.24, 2.45) is 0 Å². The quantitative estimate of drug-likeness (QED) is 0.894. The van der Waals surface area contributed by atoms with Gasteiger partial charge in [-0.2, -0.15) is 0 Å². The molecule has 2 aliphatic heterocycles. The van der Waals surface area contributed by atoms with Crippen LogP contribution in [0.2, 0.25) is 10.0 Å². The largest absolute Gasteiger partial charge is 0.482 e. The number of nitrogens with zero attached hydrogens (tertiary/aromatic N) is 1. The van der Waals surface area contributed by atoms with Crippen LogP contribution in [0.15, 0.2) is 18.2 Å². The Kier molecular flexibility index (Phi) is 6.21. The van der Waals surface area contributed by atoms with Crippen molar-refractivity contribution in [1.29, 1.82) is 0 Å². The maximum Gasteiger partial charge on any atom is 0.260 e. The van der Waals surface area contributed by atoms with Crippen molar-refractivity contribution in [2.75, 3.05) is 19.7 Å². The van der Waals surface area contributed by atoms with Crippen LogP contribution in [0.1, 0.15) is 19.3 Å². The van der Waals surface area contributed by atoms with Crippen molar-refractivity contribution in [3.63, 3.8) is 0 Å². The summed E-state index contributed by atoms with van der Waals surface area (Å²) in [4.78, 5) is 14.2. The third kappa shape index (κ3) is 4.19. The number of hydrogen-bond acceptors (Lipinski definition) is 3. The molecule has 1 aromatic carbocycles. The van der Waals surface area contributed by atoms with Gasteiger partial charge in [-0.1, -0.05) is 23.2 Å². The lowest BCUT2D eigenvalue weighted by Crippen LogP contribution is -2.41. The minimum absolute atomic E-state index is 0. The highest BCUT2D eigenvalue weighted by atomic mass is 35.5. The van der Waals surface area contributed by atoms with E-state index in [2.05, 4.69) is 5.32 Å². The molecular weight excluding hydrogens is 347 g/mol. The standard InChI is InChI=1S/C15H18Cl2N2O2.ClH/c16-10-1-4-14(13(17)7-10)21-9-15(20)19-6-5-11-2-3-12(8-19)18-11;/h1,4,7,11-12,18H,2-3,5-6,8-9H2;1H. The van der Waals surface area contributed by atoms with Gasteiger partial charge in [-0.25, -0.2) is 0 Å². The summed E-state index contributed by atoms with van der Waals surface area (Å²) in [5.74, 6) is 0.499. The van der Waals surface area contributed by atoms with Crippen molar-refractivity contribution < 1.29 is 9.53 Å². The molecule has 0 saturated carbocycles. The van der Waals surface area contributed by atoms with E-state index in [4.69, 9.17) is 27.9 Å². The van der Waals surface area contributed by atoms with Crippen LogP contribution in [0.3, 0.4) is 0 Å². The SMILES string of the molecule is Cl.O=C(COc1ccc(Cl)cc1Cl)N1CCC2CCC(C1)N2. The Bertz CT molecular complexity index is 542. The number of likely N-dealkylation sites (tertiary alicyclic amines) is 1. The molecule has 22 heavy (non-hydrogen) atoms. The van der Waals surface area contributed by atoms with E-state index in [1.54, 1.807) is 18.2 Å². The van der Waals surface area contributed by atoms with Crippen molar-refractivity contribution in [3.8, 4) is 5.75 Å². The van der Waals surface area contributed by atoms with Gasteiger partial charge in [0.2, 0.25) is 0 Å². The molecule has 2 aliphatic rings. The lowest BCUT2D eigenvalue weighted by molar-refractivity contribution is -0.133. The zero-order chi connectivity index (χ0) is 14.8. The van der Waals surface area contributed by atoms with Gasteiger partial charge in [-0.05, 0) is 37.5 Å². The molecule has 2 atom stereocenters. The smallest absolute Gasteiger partial charge is 0.260 e. The summed E-state index contributed by atoms with van der Waals surface area (Å²) < 4.78 is 5.53. The molecule has 2 bridgehead atoms. The van der Waals surface area contributed by atoms with Gasteiger partial charge in [-0.3, -0.25) is 4.79 Å². The predicted molar refractivity (Wildman–Crippen MR) is 90.3 cm³/mol. The molecule has 7 heteroatoms. The average Bonchev–Trinajstić information content (AvgIpc) is 2.77. The van der Waals surface area contributed by atoms with Crippen molar-refractivity contribution in [3.05, 3.63) is 28.2 Å². The van der Waals surface area contributed by atoms with Crippen molar-refractivity contribution in [1.82, 2.24) is 10.2 Å². The second kappa shape index (κ2) is 7.73. The van der Waals surface area contributed by atoms with E-state index in [9.17, 15) is 4.79 Å². The molecule has 0 aliphatic carbocycles. The summed E-state index contributed by atoms with van der Waals surface area (Å²) in [6, 6.07) is 5.99. The number of amides is 1. The van der Waals surface area contributed by atoms with Crippen LogP contribution < -0.4 is 10.1 Å². The van der Waals surface area contributed by atoms with Gasteiger partial charge >= 0.3 is 0 Å². The van der Waals surface area contributed by atoms with Crippen LogP contribution in [-0.2, 0) is 4.79 Å². The maximum atomic E-state index is 12.3. The number of carbonyl (C=O) groups excluding carboxylic acids is 1. The number of rotatable bonds is 3. The highest BCUT2D eigenvalue weighted by Gasteiger charge is 2.31. The average molecular weight is 366 g/mol. The van der Waals surface area contributed by atoms with Crippen LogP contribution in [0, 0.1) is 0 Å². The first-order chi connectivity index (χ1) is 10.1. The highest BCUT2D eigenvalue weighted by Crippen LogP contribution is 2.27.